The highest BCUT2D eigenvalue weighted by molar-refractivity contribution is 7.85. The largest absolute Gasteiger partial charge is 0.380 e. The van der Waals surface area contributed by atoms with Crippen LogP contribution in [0.2, 0.25) is 0 Å². The normalized spacial score (nSPS) is 12.7. The number of hydrogen-bond acceptors (Lipinski definition) is 6. The van der Waals surface area contributed by atoms with E-state index in [0.717, 1.165) is 42.5 Å². The fourth-order valence-electron chi connectivity index (χ4n) is 4.03. The molecule has 0 unspecified atom stereocenters. The lowest BCUT2D eigenvalue weighted by Gasteiger charge is -2.24. The summed E-state index contributed by atoms with van der Waals surface area (Å²) in [7, 11) is -9.05. The molecule has 0 atom stereocenters. The molecule has 1 aromatic heterocycles. The third-order valence-corrected chi connectivity index (χ3v) is 6.39. The molecule has 0 fully saturated rings. The number of nitrogens with zero attached hydrogens (tertiary/aromatic N) is 1. The maximum Gasteiger partial charge on any atom is 0.380 e. The van der Waals surface area contributed by atoms with E-state index < -0.39 is 78.3 Å². The molecule has 214 valence electrons. The SMILES string of the molecule is Cc1c(-c2ccc(OS(N)(=O)=O)cc2)n(C(F)(F)c2c(F)c(F)c(F)c(F)c2F)c2ccc(OS(N)(=O)=O)cc12. The van der Waals surface area contributed by atoms with Gasteiger partial charge in [0.25, 0.3) is 0 Å². The van der Waals surface area contributed by atoms with Crippen LogP contribution in [0.25, 0.3) is 22.2 Å². The van der Waals surface area contributed by atoms with Crippen molar-refractivity contribution in [3.8, 4) is 22.8 Å². The van der Waals surface area contributed by atoms with E-state index in [9.17, 15) is 38.8 Å². The van der Waals surface area contributed by atoms with Crippen molar-refractivity contribution in [2.75, 3.05) is 0 Å². The van der Waals surface area contributed by atoms with Gasteiger partial charge in [-0.15, -0.1) is 0 Å². The van der Waals surface area contributed by atoms with Crippen LogP contribution in [0.3, 0.4) is 0 Å². The first-order valence-corrected chi connectivity index (χ1v) is 13.4. The van der Waals surface area contributed by atoms with E-state index in [1.54, 1.807) is 0 Å². The first kappa shape index (κ1) is 29.1. The highest BCUT2D eigenvalue weighted by Gasteiger charge is 2.46. The molecule has 4 rings (SSSR count). The summed E-state index contributed by atoms with van der Waals surface area (Å²) < 4.78 is 157. The summed E-state index contributed by atoms with van der Waals surface area (Å²) >= 11 is 0. The highest BCUT2D eigenvalue weighted by atomic mass is 32.2. The average Bonchev–Trinajstić information content (AvgIpc) is 3.12. The number of aromatic nitrogens is 1. The molecule has 0 bridgehead atoms. The standard InChI is InChI=1S/C22H14F7N3O6S2/c1-9-13-8-12(38-40(31,35)36)6-7-14(13)32(21(9)10-2-4-11(5-3-10)37-39(30,33)34)22(28,29)15-16(23)18(25)20(27)19(26)17(15)24/h2-8H,1H3,(H2,30,33,34)(H2,31,35,36). The second-order valence-corrected chi connectivity index (χ2v) is 10.5. The lowest BCUT2D eigenvalue weighted by molar-refractivity contribution is -0.0386. The number of nitrogens with two attached hydrogens (primary N) is 2. The molecule has 0 aliphatic heterocycles. The lowest BCUT2D eigenvalue weighted by atomic mass is 10.1. The molecule has 4 N–H and O–H groups in total. The number of fused-ring (bicyclic) bond motifs is 1. The van der Waals surface area contributed by atoms with Crippen molar-refractivity contribution in [3.63, 3.8) is 0 Å². The van der Waals surface area contributed by atoms with Gasteiger partial charge in [0, 0.05) is 5.39 Å². The van der Waals surface area contributed by atoms with Crippen LogP contribution >= 0.6 is 0 Å². The number of halogens is 7. The van der Waals surface area contributed by atoms with Crippen molar-refractivity contribution in [1.82, 2.24) is 4.57 Å². The van der Waals surface area contributed by atoms with Gasteiger partial charge in [-0.3, -0.25) is 4.57 Å². The second-order valence-electron chi connectivity index (χ2n) is 8.15. The molecule has 0 aliphatic carbocycles. The maximum absolute atomic E-state index is 16.0. The number of benzene rings is 3. The van der Waals surface area contributed by atoms with Gasteiger partial charge in [0.1, 0.15) is 17.1 Å². The van der Waals surface area contributed by atoms with Crippen molar-refractivity contribution in [1.29, 1.82) is 0 Å². The minimum Gasteiger partial charge on any atom is -0.371 e. The number of hydrogen-bond donors (Lipinski definition) is 2. The molecule has 0 aliphatic rings. The monoisotopic (exact) mass is 613 g/mol. The number of rotatable bonds is 7. The number of alkyl halides is 2. The molecule has 0 radical (unpaired) electrons. The summed E-state index contributed by atoms with van der Waals surface area (Å²) in [5.74, 6) is -14.3. The molecule has 1 heterocycles. The molecule has 0 saturated heterocycles. The van der Waals surface area contributed by atoms with Crippen molar-refractivity contribution in [2.45, 2.75) is 13.0 Å². The zero-order valence-corrected chi connectivity index (χ0v) is 21.2. The average molecular weight is 613 g/mol. The van der Waals surface area contributed by atoms with E-state index in [1.165, 1.54) is 6.92 Å². The smallest absolute Gasteiger partial charge is 0.371 e. The molecule has 4 aromatic rings. The van der Waals surface area contributed by atoms with Gasteiger partial charge < -0.3 is 8.37 Å². The van der Waals surface area contributed by atoms with Gasteiger partial charge in [-0.05, 0) is 60.5 Å². The molecular weight excluding hydrogens is 599 g/mol. The lowest BCUT2D eigenvalue weighted by Crippen LogP contribution is -2.29. The Hall–Kier alpha value is -3.87. The topological polar surface area (TPSA) is 144 Å². The maximum atomic E-state index is 16.0. The molecule has 0 amide bonds. The van der Waals surface area contributed by atoms with Crippen molar-refractivity contribution in [3.05, 3.63) is 82.7 Å². The fraction of sp³-hybridized carbons (Fsp3) is 0.0909. The van der Waals surface area contributed by atoms with Crippen LogP contribution in [0.4, 0.5) is 30.7 Å². The van der Waals surface area contributed by atoms with Gasteiger partial charge in [-0.1, -0.05) is 0 Å². The summed E-state index contributed by atoms with van der Waals surface area (Å²) in [5, 5.41) is 9.41. The molecule has 3 aromatic carbocycles. The van der Waals surface area contributed by atoms with Gasteiger partial charge in [-0.25, -0.2) is 22.0 Å². The molecule has 0 spiro atoms. The Labute approximate surface area is 220 Å². The Morgan fingerprint density at radius 1 is 0.725 bits per heavy atom. The minimum absolute atomic E-state index is 0.0355. The Balaban J connectivity index is 2.08. The zero-order valence-electron chi connectivity index (χ0n) is 19.6. The Kier molecular flexibility index (Phi) is 7.02. The van der Waals surface area contributed by atoms with E-state index in [2.05, 4.69) is 8.37 Å². The predicted octanol–water partition coefficient (Wildman–Crippen LogP) is 4.07. The van der Waals surface area contributed by atoms with Crippen molar-refractivity contribution in [2.24, 2.45) is 10.3 Å². The van der Waals surface area contributed by atoms with Crippen LogP contribution in [-0.2, 0) is 26.7 Å². The predicted molar refractivity (Wildman–Crippen MR) is 125 cm³/mol. The summed E-state index contributed by atoms with van der Waals surface area (Å²) in [4.78, 5) is 0. The quantitative estimate of drug-likeness (QED) is 0.183. The Morgan fingerprint density at radius 3 is 1.68 bits per heavy atom. The first-order chi connectivity index (χ1) is 18.3. The molecule has 18 heteroatoms. The van der Waals surface area contributed by atoms with Crippen LogP contribution in [0, 0.1) is 36.0 Å². The van der Waals surface area contributed by atoms with Gasteiger partial charge >= 0.3 is 26.7 Å². The highest BCUT2D eigenvalue weighted by Crippen LogP contribution is 2.45. The summed E-state index contributed by atoms with van der Waals surface area (Å²) in [5.41, 5.74) is -3.89. The van der Waals surface area contributed by atoms with Crippen LogP contribution in [-0.4, -0.2) is 21.4 Å². The first-order valence-electron chi connectivity index (χ1n) is 10.4. The molecule has 40 heavy (non-hydrogen) atoms. The third-order valence-electron chi connectivity index (χ3n) is 5.54. The van der Waals surface area contributed by atoms with E-state index in [1.807, 2.05) is 0 Å². The van der Waals surface area contributed by atoms with Gasteiger partial charge in [0.05, 0.1) is 11.2 Å². The van der Waals surface area contributed by atoms with Crippen molar-refractivity contribution < 1.29 is 55.9 Å². The van der Waals surface area contributed by atoms with Crippen LogP contribution < -0.4 is 18.6 Å². The van der Waals surface area contributed by atoms with Gasteiger partial charge in [0.2, 0.25) is 5.82 Å². The van der Waals surface area contributed by atoms with E-state index in [0.29, 0.717) is 0 Å². The minimum atomic E-state index is -4.97. The Bertz CT molecular complexity index is 1870. The molecule has 9 nitrogen and oxygen atoms in total. The summed E-state index contributed by atoms with van der Waals surface area (Å²) in [6.45, 7) is 1.22. The zero-order chi connectivity index (χ0) is 29.9. The summed E-state index contributed by atoms with van der Waals surface area (Å²) in [6, 6.07) is 1.68. The van der Waals surface area contributed by atoms with Crippen molar-refractivity contribution >= 4 is 31.5 Å². The molecular formula is C22H14F7N3O6S2. The van der Waals surface area contributed by atoms with Gasteiger partial charge in [-0.2, -0.15) is 35.9 Å². The van der Waals surface area contributed by atoms with Crippen LogP contribution in [0.15, 0.2) is 42.5 Å². The van der Waals surface area contributed by atoms with Gasteiger partial charge in [0.15, 0.2) is 23.3 Å². The van der Waals surface area contributed by atoms with Crippen LogP contribution in [0.1, 0.15) is 11.1 Å². The molecule has 0 saturated carbocycles. The Morgan fingerprint density at radius 2 is 1.18 bits per heavy atom. The third kappa shape index (κ3) is 5.17. The number of aryl methyl sites for hydroxylation is 1. The van der Waals surface area contributed by atoms with E-state index >= 15 is 8.78 Å². The van der Waals surface area contributed by atoms with Crippen LogP contribution in [0.5, 0.6) is 11.5 Å². The van der Waals surface area contributed by atoms with E-state index in [4.69, 9.17) is 10.3 Å². The van der Waals surface area contributed by atoms with E-state index in [-0.39, 0.29) is 26.8 Å². The summed E-state index contributed by atoms with van der Waals surface area (Å²) in [6.07, 6.45) is 0. The fourth-order valence-corrected chi connectivity index (χ4v) is 4.78. The second kappa shape index (κ2) is 9.65.